The Morgan fingerprint density at radius 3 is 2.63 bits per heavy atom. The Labute approximate surface area is 115 Å². The van der Waals surface area contributed by atoms with Gasteiger partial charge in [0.15, 0.2) is 0 Å². The van der Waals surface area contributed by atoms with Crippen LogP contribution in [-0.2, 0) is 9.59 Å². The van der Waals surface area contributed by atoms with Crippen molar-refractivity contribution in [2.24, 2.45) is 0 Å². The molecule has 0 bridgehead atoms. The van der Waals surface area contributed by atoms with Crippen molar-refractivity contribution in [3.8, 4) is 0 Å². The minimum absolute atomic E-state index is 0.00746. The van der Waals surface area contributed by atoms with Crippen LogP contribution >= 0.6 is 0 Å². The third kappa shape index (κ3) is 4.49. The number of hydrogen-bond donors (Lipinski definition) is 2. The number of amides is 2. The van der Waals surface area contributed by atoms with Crippen LogP contribution in [0.3, 0.4) is 0 Å². The van der Waals surface area contributed by atoms with Crippen LogP contribution in [0, 0.1) is 0 Å². The highest BCUT2D eigenvalue weighted by molar-refractivity contribution is 5.87. The van der Waals surface area contributed by atoms with Gasteiger partial charge < -0.3 is 15.5 Å². The van der Waals surface area contributed by atoms with Crippen molar-refractivity contribution in [3.05, 3.63) is 0 Å². The van der Waals surface area contributed by atoms with E-state index in [1.807, 2.05) is 4.90 Å². The first-order valence-electron chi connectivity index (χ1n) is 7.56. The summed E-state index contributed by atoms with van der Waals surface area (Å²) < 4.78 is 0. The number of rotatable bonds is 1. The summed E-state index contributed by atoms with van der Waals surface area (Å²) in [6.45, 7) is 3.38. The van der Waals surface area contributed by atoms with Crippen LogP contribution < -0.4 is 10.6 Å². The summed E-state index contributed by atoms with van der Waals surface area (Å²) in [4.78, 5) is 26.1. The third-order valence-corrected chi connectivity index (χ3v) is 3.93. The van der Waals surface area contributed by atoms with Crippen molar-refractivity contribution < 1.29 is 9.59 Å². The van der Waals surface area contributed by atoms with Gasteiger partial charge in [-0.15, -0.1) is 0 Å². The molecule has 0 aromatic carbocycles. The van der Waals surface area contributed by atoms with Gasteiger partial charge in [0.25, 0.3) is 0 Å². The number of carbonyl (C=O) groups is 2. The maximum atomic E-state index is 12.4. The molecule has 2 aliphatic heterocycles. The molecule has 2 heterocycles. The fourth-order valence-electron chi connectivity index (χ4n) is 2.78. The molecule has 2 aliphatic rings. The minimum atomic E-state index is -0.302. The van der Waals surface area contributed by atoms with Gasteiger partial charge in [0.2, 0.25) is 11.8 Å². The van der Waals surface area contributed by atoms with E-state index in [1.54, 1.807) is 0 Å². The van der Waals surface area contributed by atoms with E-state index in [1.165, 1.54) is 0 Å². The van der Waals surface area contributed by atoms with Gasteiger partial charge in [-0.2, -0.15) is 0 Å². The Kier molecular flexibility index (Phi) is 5.63. The highest BCUT2D eigenvalue weighted by Crippen LogP contribution is 2.13. The maximum absolute atomic E-state index is 12.4. The highest BCUT2D eigenvalue weighted by atomic mass is 16.2. The van der Waals surface area contributed by atoms with Gasteiger partial charge in [0.05, 0.1) is 0 Å². The molecule has 1 unspecified atom stereocenters. The lowest BCUT2D eigenvalue weighted by Crippen LogP contribution is -2.48. The normalized spacial score (nSPS) is 26.6. The van der Waals surface area contributed by atoms with E-state index in [9.17, 15) is 9.59 Å². The van der Waals surface area contributed by atoms with Gasteiger partial charge in [-0.05, 0) is 32.2 Å². The van der Waals surface area contributed by atoms with Crippen molar-refractivity contribution in [2.45, 2.75) is 51.0 Å². The second kappa shape index (κ2) is 7.48. The SMILES string of the molecule is O=C1CCNCCCCCC(C(=O)N2CCCC2)N1. The summed E-state index contributed by atoms with van der Waals surface area (Å²) in [5, 5.41) is 6.18. The zero-order valence-corrected chi connectivity index (χ0v) is 11.6. The summed E-state index contributed by atoms with van der Waals surface area (Å²) in [6.07, 6.45) is 6.68. The van der Waals surface area contributed by atoms with Gasteiger partial charge in [-0.1, -0.05) is 12.8 Å². The Morgan fingerprint density at radius 1 is 1.05 bits per heavy atom. The average Bonchev–Trinajstić information content (AvgIpc) is 2.91. The predicted octanol–water partition coefficient (Wildman–Crippen LogP) is 0.647. The molecule has 108 valence electrons. The van der Waals surface area contributed by atoms with Crippen LogP contribution in [0.4, 0.5) is 0 Å². The molecule has 5 nitrogen and oxygen atoms in total. The molecular formula is C14H25N3O2. The number of hydrogen-bond acceptors (Lipinski definition) is 3. The van der Waals surface area contributed by atoms with Crippen molar-refractivity contribution in [3.63, 3.8) is 0 Å². The molecule has 0 aromatic rings. The quantitative estimate of drug-likeness (QED) is 0.733. The predicted molar refractivity (Wildman–Crippen MR) is 73.7 cm³/mol. The zero-order chi connectivity index (χ0) is 13.5. The fourth-order valence-corrected chi connectivity index (χ4v) is 2.78. The van der Waals surface area contributed by atoms with E-state index in [0.29, 0.717) is 13.0 Å². The molecule has 0 radical (unpaired) electrons. The Morgan fingerprint density at radius 2 is 1.84 bits per heavy atom. The number of likely N-dealkylation sites (tertiary alicyclic amines) is 1. The summed E-state index contributed by atoms with van der Waals surface area (Å²) in [7, 11) is 0. The first-order chi connectivity index (χ1) is 9.27. The molecule has 0 aliphatic carbocycles. The minimum Gasteiger partial charge on any atom is -0.344 e. The molecule has 0 spiro atoms. The molecule has 5 heteroatoms. The standard InChI is InChI=1S/C14H25N3O2/c18-13-7-9-15-8-3-1-2-6-12(16-13)14(19)17-10-4-5-11-17/h12,15H,1-11H2,(H,16,18). The summed E-state index contributed by atoms with van der Waals surface area (Å²) in [5.41, 5.74) is 0. The molecular weight excluding hydrogens is 242 g/mol. The number of carbonyl (C=O) groups excluding carboxylic acids is 2. The average molecular weight is 267 g/mol. The molecule has 1 atom stereocenters. The van der Waals surface area contributed by atoms with Crippen LogP contribution in [-0.4, -0.2) is 48.9 Å². The fraction of sp³-hybridized carbons (Fsp3) is 0.857. The second-order valence-corrected chi connectivity index (χ2v) is 5.50. The lowest BCUT2D eigenvalue weighted by molar-refractivity contribution is -0.135. The molecule has 2 N–H and O–H groups in total. The third-order valence-electron chi connectivity index (χ3n) is 3.93. The molecule has 0 saturated carbocycles. The summed E-state index contributed by atoms with van der Waals surface area (Å²) in [6, 6.07) is -0.302. The van der Waals surface area contributed by atoms with Crippen molar-refractivity contribution in [1.29, 1.82) is 0 Å². The summed E-state index contributed by atoms with van der Waals surface area (Å²) in [5.74, 6) is 0.116. The van der Waals surface area contributed by atoms with E-state index in [0.717, 1.165) is 58.2 Å². The number of nitrogens with one attached hydrogen (secondary N) is 2. The van der Waals surface area contributed by atoms with Gasteiger partial charge in [0.1, 0.15) is 6.04 Å². The largest absolute Gasteiger partial charge is 0.344 e. The maximum Gasteiger partial charge on any atom is 0.245 e. The molecule has 2 rings (SSSR count). The lowest BCUT2D eigenvalue weighted by atomic mass is 10.1. The first-order valence-corrected chi connectivity index (χ1v) is 7.56. The van der Waals surface area contributed by atoms with Gasteiger partial charge in [-0.25, -0.2) is 0 Å². The van der Waals surface area contributed by atoms with Crippen molar-refractivity contribution in [2.75, 3.05) is 26.2 Å². The van der Waals surface area contributed by atoms with E-state index in [2.05, 4.69) is 10.6 Å². The summed E-state index contributed by atoms with van der Waals surface area (Å²) >= 11 is 0. The van der Waals surface area contributed by atoms with Crippen LogP contribution in [0.5, 0.6) is 0 Å². The molecule has 2 fully saturated rings. The van der Waals surface area contributed by atoms with Crippen molar-refractivity contribution in [1.82, 2.24) is 15.5 Å². The molecule has 2 amide bonds. The first kappa shape index (κ1) is 14.3. The molecule has 2 saturated heterocycles. The van der Waals surface area contributed by atoms with E-state index < -0.39 is 0 Å². The Bertz CT molecular complexity index is 314. The Hall–Kier alpha value is -1.10. The molecule has 0 aromatic heterocycles. The van der Waals surface area contributed by atoms with E-state index in [-0.39, 0.29) is 17.9 Å². The Balaban J connectivity index is 1.92. The smallest absolute Gasteiger partial charge is 0.245 e. The van der Waals surface area contributed by atoms with E-state index >= 15 is 0 Å². The zero-order valence-electron chi connectivity index (χ0n) is 11.6. The second-order valence-electron chi connectivity index (χ2n) is 5.50. The van der Waals surface area contributed by atoms with Crippen LogP contribution in [0.1, 0.15) is 44.9 Å². The number of nitrogens with zero attached hydrogens (tertiary/aromatic N) is 1. The van der Waals surface area contributed by atoms with Crippen LogP contribution in [0.15, 0.2) is 0 Å². The van der Waals surface area contributed by atoms with Crippen LogP contribution in [0.2, 0.25) is 0 Å². The molecule has 19 heavy (non-hydrogen) atoms. The van der Waals surface area contributed by atoms with Crippen LogP contribution in [0.25, 0.3) is 0 Å². The van der Waals surface area contributed by atoms with Gasteiger partial charge >= 0.3 is 0 Å². The van der Waals surface area contributed by atoms with Gasteiger partial charge in [0, 0.05) is 26.1 Å². The van der Waals surface area contributed by atoms with Crippen molar-refractivity contribution >= 4 is 11.8 Å². The lowest BCUT2D eigenvalue weighted by Gasteiger charge is -2.24. The van der Waals surface area contributed by atoms with E-state index in [4.69, 9.17) is 0 Å². The highest BCUT2D eigenvalue weighted by Gasteiger charge is 2.27. The monoisotopic (exact) mass is 267 g/mol. The van der Waals surface area contributed by atoms with Gasteiger partial charge in [-0.3, -0.25) is 9.59 Å². The topological polar surface area (TPSA) is 61.4 Å².